The van der Waals surface area contributed by atoms with Gasteiger partial charge in [-0.3, -0.25) is 10.1 Å². The molecule has 94 valence electrons. The van der Waals surface area contributed by atoms with Crippen molar-refractivity contribution >= 4 is 5.97 Å². The second kappa shape index (κ2) is 6.35. The quantitative estimate of drug-likeness (QED) is 0.802. The molecule has 0 fully saturated rings. The number of rotatable bonds is 6. The van der Waals surface area contributed by atoms with Crippen LogP contribution in [0.4, 0.5) is 4.39 Å². The average molecular weight is 239 g/mol. The second-order valence-electron chi connectivity index (χ2n) is 4.12. The third-order valence-corrected chi connectivity index (χ3v) is 2.68. The molecule has 0 spiro atoms. The Labute approximate surface area is 101 Å². The van der Waals surface area contributed by atoms with Crippen molar-refractivity contribution in [1.82, 2.24) is 5.32 Å². The van der Waals surface area contributed by atoms with Crippen LogP contribution in [0.2, 0.25) is 0 Å². The van der Waals surface area contributed by atoms with Gasteiger partial charge in [-0.2, -0.15) is 0 Å². The second-order valence-corrected chi connectivity index (χ2v) is 4.12. The number of hydrogen-bond donors (Lipinski definition) is 2. The molecular weight excluding hydrogens is 221 g/mol. The number of carboxylic acids is 1. The fraction of sp³-hybridized carbons (Fsp3) is 0.462. The predicted molar refractivity (Wildman–Crippen MR) is 64.3 cm³/mol. The normalized spacial score (nSPS) is 14.3. The van der Waals surface area contributed by atoms with Gasteiger partial charge in [0.05, 0.1) is 0 Å². The molecule has 0 saturated heterocycles. The van der Waals surface area contributed by atoms with Crippen molar-refractivity contribution in [2.45, 2.75) is 38.8 Å². The van der Waals surface area contributed by atoms with Gasteiger partial charge in [0.25, 0.3) is 0 Å². The van der Waals surface area contributed by atoms with Gasteiger partial charge < -0.3 is 5.11 Å². The fourth-order valence-corrected chi connectivity index (χ4v) is 1.74. The lowest BCUT2D eigenvalue weighted by Gasteiger charge is -2.20. The number of benzene rings is 1. The number of aliphatic carboxylic acids is 1. The van der Waals surface area contributed by atoms with Crippen molar-refractivity contribution in [3.8, 4) is 0 Å². The van der Waals surface area contributed by atoms with E-state index in [0.717, 1.165) is 12.0 Å². The zero-order valence-electron chi connectivity index (χ0n) is 10.1. The van der Waals surface area contributed by atoms with Crippen LogP contribution >= 0.6 is 0 Å². The molecule has 0 saturated carbocycles. The van der Waals surface area contributed by atoms with Crippen molar-refractivity contribution in [1.29, 1.82) is 0 Å². The molecule has 0 radical (unpaired) electrons. The molecule has 0 amide bonds. The number of carbonyl (C=O) groups is 1. The Morgan fingerprint density at radius 2 is 2.24 bits per heavy atom. The van der Waals surface area contributed by atoms with Crippen LogP contribution in [0.25, 0.3) is 0 Å². The summed E-state index contributed by atoms with van der Waals surface area (Å²) in [7, 11) is 0. The summed E-state index contributed by atoms with van der Waals surface area (Å²) in [6.07, 6.45) is 1.36. The molecular formula is C13H18FNO2. The average Bonchev–Trinajstić information content (AvgIpc) is 2.28. The van der Waals surface area contributed by atoms with E-state index in [9.17, 15) is 9.18 Å². The van der Waals surface area contributed by atoms with Crippen LogP contribution in [-0.4, -0.2) is 17.1 Å². The first-order valence-electron chi connectivity index (χ1n) is 5.79. The largest absolute Gasteiger partial charge is 0.480 e. The van der Waals surface area contributed by atoms with Crippen molar-refractivity contribution < 1.29 is 14.3 Å². The van der Waals surface area contributed by atoms with Crippen LogP contribution in [0.5, 0.6) is 0 Å². The lowest BCUT2D eigenvalue weighted by atomic mass is 10.1. The molecule has 0 heterocycles. The minimum absolute atomic E-state index is 0.182. The van der Waals surface area contributed by atoms with Crippen molar-refractivity contribution in [3.05, 3.63) is 35.6 Å². The topological polar surface area (TPSA) is 49.3 Å². The van der Waals surface area contributed by atoms with E-state index in [1.165, 1.54) is 12.1 Å². The van der Waals surface area contributed by atoms with Gasteiger partial charge in [0.15, 0.2) is 0 Å². The maximum Gasteiger partial charge on any atom is 0.320 e. The molecule has 0 aromatic heterocycles. The lowest BCUT2D eigenvalue weighted by Crippen LogP contribution is -2.38. The minimum Gasteiger partial charge on any atom is -0.480 e. The van der Waals surface area contributed by atoms with Crippen LogP contribution < -0.4 is 5.32 Å². The number of carboxylic acid groups (broad SMARTS) is 1. The summed E-state index contributed by atoms with van der Waals surface area (Å²) in [6, 6.07) is 5.43. The molecule has 1 aromatic carbocycles. The van der Waals surface area contributed by atoms with Gasteiger partial charge in [-0.05, 0) is 31.0 Å². The Balaban J connectivity index is 2.69. The Hall–Kier alpha value is -1.42. The molecule has 1 rings (SSSR count). The standard InChI is InChI=1S/C13H18FNO2/c1-3-5-12(13(16)17)15-9(2)10-6-4-7-11(14)8-10/h4,6-9,12,15H,3,5H2,1-2H3,(H,16,17)/t9-,12?/m0/s1. The zero-order valence-corrected chi connectivity index (χ0v) is 10.1. The zero-order chi connectivity index (χ0) is 12.8. The smallest absolute Gasteiger partial charge is 0.320 e. The van der Waals surface area contributed by atoms with Gasteiger partial charge in [0.1, 0.15) is 11.9 Å². The van der Waals surface area contributed by atoms with Crippen LogP contribution in [0, 0.1) is 5.82 Å². The van der Waals surface area contributed by atoms with E-state index in [1.54, 1.807) is 12.1 Å². The SMILES string of the molecule is CCCC(N[C@@H](C)c1cccc(F)c1)C(=O)O. The first-order chi connectivity index (χ1) is 8.04. The summed E-state index contributed by atoms with van der Waals surface area (Å²) >= 11 is 0. The Morgan fingerprint density at radius 3 is 2.76 bits per heavy atom. The van der Waals surface area contributed by atoms with Crippen LogP contribution in [0.3, 0.4) is 0 Å². The monoisotopic (exact) mass is 239 g/mol. The van der Waals surface area contributed by atoms with E-state index in [1.807, 2.05) is 13.8 Å². The molecule has 0 aliphatic carbocycles. The molecule has 2 N–H and O–H groups in total. The highest BCUT2D eigenvalue weighted by Gasteiger charge is 2.19. The van der Waals surface area contributed by atoms with Gasteiger partial charge in [0.2, 0.25) is 0 Å². The molecule has 0 aliphatic rings. The number of halogens is 1. The van der Waals surface area contributed by atoms with E-state index < -0.39 is 12.0 Å². The van der Waals surface area contributed by atoms with Gasteiger partial charge >= 0.3 is 5.97 Å². The van der Waals surface area contributed by atoms with Crippen molar-refractivity contribution in [3.63, 3.8) is 0 Å². The Kier molecular flexibility index (Phi) is 5.10. The van der Waals surface area contributed by atoms with Gasteiger partial charge in [-0.25, -0.2) is 4.39 Å². The molecule has 17 heavy (non-hydrogen) atoms. The van der Waals surface area contributed by atoms with Gasteiger partial charge in [0, 0.05) is 6.04 Å². The number of hydrogen-bond acceptors (Lipinski definition) is 2. The molecule has 1 unspecified atom stereocenters. The molecule has 0 bridgehead atoms. The maximum atomic E-state index is 13.0. The fourth-order valence-electron chi connectivity index (χ4n) is 1.74. The summed E-state index contributed by atoms with van der Waals surface area (Å²) in [5.41, 5.74) is 0.757. The van der Waals surface area contributed by atoms with E-state index in [2.05, 4.69) is 5.32 Å². The summed E-state index contributed by atoms with van der Waals surface area (Å²) in [6.45, 7) is 3.77. The van der Waals surface area contributed by atoms with Gasteiger partial charge in [-0.1, -0.05) is 25.5 Å². The molecule has 2 atom stereocenters. The predicted octanol–water partition coefficient (Wildman–Crippen LogP) is 2.73. The third kappa shape index (κ3) is 4.15. The van der Waals surface area contributed by atoms with Crippen LogP contribution in [0.15, 0.2) is 24.3 Å². The van der Waals surface area contributed by atoms with Gasteiger partial charge in [-0.15, -0.1) is 0 Å². The highest BCUT2D eigenvalue weighted by molar-refractivity contribution is 5.73. The molecule has 3 nitrogen and oxygen atoms in total. The third-order valence-electron chi connectivity index (χ3n) is 2.68. The van der Waals surface area contributed by atoms with Crippen molar-refractivity contribution in [2.75, 3.05) is 0 Å². The summed E-state index contributed by atoms with van der Waals surface area (Å²) in [5, 5.41) is 12.0. The van der Waals surface area contributed by atoms with E-state index in [0.29, 0.717) is 6.42 Å². The summed E-state index contributed by atoms with van der Waals surface area (Å²) in [5.74, 6) is -1.17. The summed E-state index contributed by atoms with van der Waals surface area (Å²) in [4.78, 5) is 11.0. The van der Waals surface area contributed by atoms with Crippen molar-refractivity contribution in [2.24, 2.45) is 0 Å². The molecule has 0 aliphatic heterocycles. The van der Waals surface area contributed by atoms with Crippen LogP contribution in [0.1, 0.15) is 38.3 Å². The highest BCUT2D eigenvalue weighted by Crippen LogP contribution is 2.15. The van der Waals surface area contributed by atoms with E-state index >= 15 is 0 Å². The van der Waals surface area contributed by atoms with E-state index in [4.69, 9.17) is 5.11 Å². The highest BCUT2D eigenvalue weighted by atomic mass is 19.1. The lowest BCUT2D eigenvalue weighted by molar-refractivity contribution is -0.139. The van der Waals surface area contributed by atoms with E-state index in [-0.39, 0.29) is 11.9 Å². The first kappa shape index (κ1) is 13.6. The molecule has 4 heteroatoms. The summed E-state index contributed by atoms with van der Waals surface area (Å²) < 4.78 is 13.0. The first-order valence-corrected chi connectivity index (χ1v) is 5.79. The van der Waals surface area contributed by atoms with Crippen LogP contribution in [-0.2, 0) is 4.79 Å². The Morgan fingerprint density at radius 1 is 1.53 bits per heavy atom. The number of nitrogens with one attached hydrogen (secondary N) is 1. The molecule has 1 aromatic rings. The maximum absolute atomic E-state index is 13.0. The minimum atomic E-state index is -0.866. The Bertz CT molecular complexity index is 381.